The van der Waals surface area contributed by atoms with Crippen LogP contribution in [0, 0.1) is 6.92 Å². The molecule has 1 N–H and O–H groups in total. The number of rotatable bonds is 6. The van der Waals surface area contributed by atoms with Crippen LogP contribution in [0.2, 0.25) is 0 Å². The van der Waals surface area contributed by atoms with Crippen molar-refractivity contribution in [3.8, 4) is 0 Å². The predicted molar refractivity (Wildman–Crippen MR) is 95.8 cm³/mol. The third-order valence-corrected chi connectivity index (χ3v) is 4.75. The van der Waals surface area contributed by atoms with Crippen LogP contribution in [0.4, 0.5) is 0 Å². The molecule has 0 unspecified atom stereocenters. The van der Waals surface area contributed by atoms with Gasteiger partial charge in [-0.25, -0.2) is 0 Å². The van der Waals surface area contributed by atoms with Gasteiger partial charge >= 0.3 is 0 Å². The number of piperazine rings is 1. The van der Waals surface area contributed by atoms with E-state index >= 15 is 0 Å². The van der Waals surface area contributed by atoms with E-state index in [1.165, 1.54) is 0 Å². The van der Waals surface area contributed by atoms with Gasteiger partial charge in [-0.05, 0) is 31.4 Å². The van der Waals surface area contributed by atoms with Gasteiger partial charge in [0.15, 0.2) is 0 Å². The average Bonchev–Trinajstić information content (AvgIpc) is 2.61. The second-order valence-corrected chi connectivity index (χ2v) is 6.49. The normalized spacial score (nSPS) is 16.7. The number of nitrogens with one attached hydrogen (secondary N) is 1. The Labute approximate surface area is 145 Å². The molecule has 1 heterocycles. The molecule has 1 aliphatic rings. The van der Waals surface area contributed by atoms with Gasteiger partial charge in [0.25, 0.3) is 0 Å². The van der Waals surface area contributed by atoms with Gasteiger partial charge in [0, 0.05) is 32.7 Å². The molecule has 0 aliphatic carbocycles. The number of hydrogen-bond acceptors (Lipinski definition) is 3. The minimum Gasteiger partial charge on any atom is -0.355 e. The van der Waals surface area contributed by atoms with Crippen molar-refractivity contribution in [2.75, 3.05) is 32.7 Å². The number of carbonyl (C=O) groups is 2. The summed E-state index contributed by atoms with van der Waals surface area (Å²) in [5.41, 5.74) is 2.25. The fourth-order valence-corrected chi connectivity index (χ4v) is 3.00. The van der Waals surface area contributed by atoms with Crippen LogP contribution in [-0.4, -0.2) is 60.4 Å². The summed E-state index contributed by atoms with van der Waals surface area (Å²) in [4.78, 5) is 28.6. The summed E-state index contributed by atoms with van der Waals surface area (Å²) in [7, 11) is 0. The van der Waals surface area contributed by atoms with Crippen LogP contribution in [0.3, 0.4) is 0 Å². The first kappa shape index (κ1) is 18.5. The van der Waals surface area contributed by atoms with E-state index in [1.807, 2.05) is 49.9 Å². The van der Waals surface area contributed by atoms with Crippen LogP contribution in [0.1, 0.15) is 31.4 Å². The van der Waals surface area contributed by atoms with Crippen molar-refractivity contribution in [1.82, 2.24) is 15.1 Å². The lowest BCUT2D eigenvalue weighted by Crippen LogP contribution is -2.55. The van der Waals surface area contributed by atoms with E-state index in [-0.39, 0.29) is 17.9 Å². The van der Waals surface area contributed by atoms with Crippen molar-refractivity contribution < 1.29 is 9.59 Å². The van der Waals surface area contributed by atoms with Crippen LogP contribution in [0.25, 0.3) is 0 Å². The van der Waals surface area contributed by atoms with Crippen molar-refractivity contribution in [2.45, 2.75) is 39.7 Å². The molecule has 1 aromatic carbocycles. The van der Waals surface area contributed by atoms with Crippen LogP contribution in [-0.2, 0) is 16.0 Å². The molecule has 0 saturated carbocycles. The molecule has 1 saturated heterocycles. The third kappa shape index (κ3) is 4.81. The molecule has 0 aromatic heterocycles. The van der Waals surface area contributed by atoms with Gasteiger partial charge in [-0.3, -0.25) is 14.5 Å². The predicted octanol–water partition coefficient (Wildman–Crippen LogP) is 1.60. The minimum absolute atomic E-state index is 0.0801. The second kappa shape index (κ2) is 8.83. The lowest BCUT2D eigenvalue weighted by Gasteiger charge is -2.37. The smallest absolute Gasteiger partial charge is 0.237 e. The summed E-state index contributed by atoms with van der Waals surface area (Å²) in [6.07, 6.45) is 1.40. The SMILES string of the molecule is CCCNC(=O)[C@@H](C)N1CCN(C(=O)Cc2ccccc2C)CC1. The monoisotopic (exact) mass is 331 g/mol. The molecule has 1 aliphatic heterocycles. The Morgan fingerprint density at radius 2 is 1.83 bits per heavy atom. The highest BCUT2D eigenvalue weighted by Crippen LogP contribution is 2.12. The summed E-state index contributed by atoms with van der Waals surface area (Å²) in [6.45, 7) is 9.63. The molecule has 1 aromatic rings. The molecule has 1 atom stereocenters. The topological polar surface area (TPSA) is 52.7 Å². The molecule has 0 bridgehead atoms. The molecule has 24 heavy (non-hydrogen) atoms. The first-order valence-corrected chi connectivity index (χ1v) is 8.87. The number of nitrogens with zero attached hydrogens (tertiary/aromatic N) is 2. The van der Waals surface area contributed by atoms with Crippen LogP contribution >= 0.6 is 0 Å². The van der Waals surface area contributed by atoms with E-state index in [4.69, 9.17) is 0 Å². The molecule has 2 rings (SSSR count). The number of carbonyl (C=O) groups excluding carboxylic acids is 2. The molecular formula is C19H29N3O2. The van der Waals surface area contributed by atoms with Gasteiger partial charge < -0.3 is 10.2 Å². The zero-order chi connectivity index (χ0) is 17.5. The zero-order valence-corrected chi connectivity index (χ0v) is 15.0. The van der Waals surface area contributed by atoms with Gasteiger partial charge in [-0.2, -0.15) is 0 Å². The van der Waals surface area contributed by atoms with E-state index in [2.05, 4.69) is 10.2 Å². The van der Waals surface area contributed by atoms with E-state index in [0.29, 0.717) is 19.5 Å². The Morgan fingerprint density at radius 1 is 1.17 bits per heavy atom. The van der Waals surface area contributed by atoms with Crippen molar-refractivity contribution in [1.29, 1.82) is 0 Å². The van der Waals surface area contributed by atoms with Gasteiger partial charge in [-0.1, -0.05) is 31.2 Å². The Morgan fingerprint density at radius 3 is 2.46 bits per heavy atom. The molecule has 132 valence electrons. The Hall–Kier alpha value is -1.88. The summed E-state index contributed by atoms with van der Waals surface area (Å²) >= 11 is 0. The van der Waals surface area contributed by atoms with Crippen LogP contribution in [0.5, 0.6) is 0 Å². The first-order chi connectivity index (χ1) is 11.5. The maximum atomic E-state index is 12.5. The molecule has 5 heteroatoms. The van der Waals surface area contributed by atoms with Crippen molar-refractivity contribution in [3.05, 3.63) is 35.4 Å². The third-order valence-electron chi connectivity index (χ3n) is 4.75. The van der Waals surface area contributed by atoms with Gasteiger partial charge in [0.2, 0.25) is 11.8 Å². The fraction of sp³-hybridized carbons (Fsp3) is 0.579. The zero-order valence-electron chi connectivity index (χ0n) is 15.0. The van der Waals surface area contributed by atoms with Crippen molar-refractivity contribution in [3.63, 3.8) is 0 Å². The van der Waals surface area contributed by atoms with Gasteiger partial charge in [0.1, 0.15) is 0 Å². The highest BCUT2D eigenvalue weighted by atomic mass is 16.2. The standard InChI is InChI=1S/C19H29N3O2/c1-4-9-20-19(24)16(3)21-10-12-22(13-11-21)18(23)14-17-8-6-5-7-15(17)2/h5-8,16H,4,9-14H2,1-3H3,(H,20,24)/t16-/m1/s1. The summed E-state index contributed by atoms with van der Waals surface area (Å²) in [5.74, 6) is 0.253. The summed E-state index contributed by atoms with van der Waals surface area (Å²) in [5, 5.41) is 2.94. The van der Waals surface area contributed by atoms with E-state index in [1.54, 1.807) is 0 Å². The number of benzene rings is 1. The molecule has 0 spiro atoms. The number of hydrogen-bond donors (Lipinski definition) is 1. The Balaban J connectivity index is 1.82. The second-order valence-electron chi connectivity index (χ2n) is 6.49. The largest absolute Gasteiger partial charge is 0.355 e. The van der Waals surface area contributed by atoms with Gasteiger partial charge in [0.05, 0.1) is 12.5 Å². The van der Waals surface area contributed by atoms with E-state index in [0.717, 1.165) is 37.2 Å². The van der Waals surface area contributed by atoms with Gasteiger partial charge in [-0.15, -0.1) is 0 Å². The fourth-order valence-electron chi connectivity index (χ4n) is 3.00. The number of aryl methyl sites for hydroxylation is 1. The highest BCUT2D eigenvalue weighted by Gasteiger charge is 2.27. The number of amides is 2. The minimum atomic E-state index is -0.134. The summed E-state index contributed by atoms with van der Waals surface area (Å²) < 4.78 is 0. The maximum absolute atomic E-state index is 12.5. The van der Waals surface area contributed by atoms with Crippen molar-refractivity contribution in [2.24, 2.45) is 0 Å². The average molecular weight is 331 g/mol. The molecule has 5 nitrogen and oxygen atoms in total. The molecule has 0 radical (unpaired) electrons. The Bertz CT molecular complexity index is 565. The van der Waals surface area contributed by atoms with Crippen LogP contribution < -0.4 is 5.32 Å². The summed E-state index contributed by atoms with van der Waals surface area (Å²) in [6, 6.07) is 7.89. The van der Waals surface area contributed by atoms with E-state index in [9.17, 15) is 9.59 Å². The Kier molecular flexibility index (Phi) is 6.79. The quantitative estimate of drug-likeness (QED) is 0.861. The molecular weight excluding hydrogens is 302 g/mol. The van der Waals surface area contributed by atoms with Crippen molar-refractivity contribution >= 4 is 11.8 Å². The van der Waals surface area contributed by atoms with E-state index < -0.39 is 0 Å². The maximum Gasteiger partial charge on any atom is 0.237 e. The highest BCUT2D eigenvalue weighted by molar-refractivity contribution is 5.81. The van der Waals surface area contributed by atoms with Crippen LogP contribution in [0.15, 0.2) is 24.3 Å². The molecule has 2 amide bonds. The first-order valence-electron chi connectivity index (χ1n) is 8.87. The lowest BCUT2D eigenvalue weighted by molar-refractivity contribution is -0.133. The lowest BCUT2D eigenvalue weighted by atomic mass is 10.1. The molecule has 1 fully saturated rings.